The van der Waals surface area contributed by atoms with Crippen LogP contribution in [0.1, 0.15) is 12.5 Å². The molecule has 1 aromatic rings. The Morgan fingerprint density at radius 1 is 1.22 bits per heavy atom. The average molecular weight is 248 g/mol. The van der Waals surface area contributed by atoms with E-state index in [1.54, 1.807) is 38.5 Å². The molecule has 0 radical (unpaired) electrons. The Morgan fingerprint density at radius 3 is 2.44 bits per heavy atom. The molecule has 0 aromatic heterocycles. The first-order valence-corrected chi connectivity index (χ1v) is 5.38. The number of benzene rings is 1. The zero-order chi connectivity index (χ0) is 13.5. The Balaban J connectivity index is 2.89. The third-order valence-corrected chi connectivity index (χ3v) is 2.20. The van der Waals surface area contributed by atoms with Gasteiger partial charge in [-0.05, 0) is 30.7 Å². The Labute approximate surface area is 106 Å². The first-order valence-electron chi connectivity index (χ1n) is 5.38. The van der Waals surface area contributed by atoms with Crippen molar-refractivity contribution in [2.75, 3.05) is 14.2 Å². The molecule has 0 unspecified atom stereocenters. The van der Waals surface area contributed by atoms with Gasteiger partial charge >= 0.3 is 0 Å². The number of carbonyl (C=O) groups is 1. The van der Waals surface area contributed by atoms with Crippen molar-refractivity contribution in [3.05, 3.63) is 41.7 Å². The highest BCUT2D eigenvalue weighted by molar-refractivity contribution is 6.02. The summed E-state index contributed by atoms with van der Waals surface area (Å²) in [7, 11) is 3.11. The minimum absolute atomic E-state index is 0.0167. The van der Waals surface area contributed by atoms with Gasteiger partial charge in [-0.25, -0.2) is 0 Å². The number of ether oxygens (including phenoxy) is 2. The van der Waals surface area contributed by atoms with Crippen molar-refractivity contribution < 1.29 is 19.4 Å². The Morgan fingerprint density at radius 2 is 1.89 bits per heavy atom. The van der Waals surface area contributed by atoms with Crippen molar-refractivity contribution >= 4 is 11.9 Å². The van der Waals surface area contributed by atoms with Crippen LogP contribution in [-0.2, 0) is 4.79 Å². The van der Waals surface area contributed by atoms with E-state index in [1.807, 2.05) is 0 Å². The molecule has 1 N–H and O–H groups in total. The van der Waals surface area contributed by atoms with Gasteiger partial charge in [0.15, 0.2) is 17.3 Å². The minimum Gasteiger partial charge on any atom is -0.512 e. The Bertz CT molecular complexity index is 483. The second-order valence-corrected chi connectivity index (χ2v) is 3.64. The number of allylic oxidation sites excluding steroid dienone is 3. The second-order valence-electron chi connectivity index (χ2n) is 3.64. The van der Waals surface area contributed by atoms with E-state index >= 15 is 0 Å². The molecule has 96 valence electrons. The van der Waals surface area contributed by atoms with Gasteiger partial charge < -0.3 is 14.6 Å². The summed E-state index contributed by atoms with van der Waals surface area (Å²) in [5.41, 5.74) is 0.810. The lowest BCUT2D eigenvalue weighted by Gasteiger charge is -2.07. The van der Waals surface area contributed by atoms with Crippen LogP contribution in [0, 0.1) is 0 Å². The van der Waals surface area contributed by atoms with Gasteiger partial charge in [0.1, 0.15) is 0 Å². The van der Waals surface area contributed by atoms with Crippen LogP contribution in [0.4, 0.5) is 0 Å². The molecule has 4 heteroatoms. The summed E-state index contributed by atoms with van der Waals surface area (Å²) >= 11 is 0. The lowest BCUT2D eigenvalue weighted by Crippen LogP contribution is -1.91. The second kappa shape index (κ2) is 6.49. The topological polar surface area (TPSA) is 55.8 Å². The molecule has 0 aliphatic carbocycles. The molecule has 0 atom stereocenters. The standard InChI is InChI=1S/C14H16O4/c1-10(15)8-12(16)6-4-11-5-7-13(17-2)14(9-11)18-3/h4-9,15H,1-3H3/b6-4+,10-8-. The number of carbonyl (C=O) groups excluding carboxylic acids is 1. The number of aliphatic hydroxyl groups is 1. The highest BCUT2D eigenvalue weighted by Gasteiger charge is 2.02. The molecule has 1 rings (SSSR count). The Hall–Kier alpha value is -2.23. The fourth-order valence-corrected chi connectivity index (χ4v) is 1.39. The van der Waals surface area contributed by atoms with Crippen LogP contribution in [0.2, 0.25) is 0 Å². The molecular formula is C14H16O4. The molecule has 18 heavy (non-hydrogen) atoms. The molecule has 0 amide bonds. The van der Waals surface area contributed by atoms with E-state index < -0.39 is 0 Å². The first kappa shape index (κ1) is 13.8. The zero-order valence-corrected chi connectivity index (χ0v) is 10.6. The zero-order valence-electron chi connectivity index (χ0n) is 10.6. The van der Waals surface area contributed by atoms with Crippen LogP contribution in [0.15, 0.2) is 36.1 Å². The van der Waals surface area contributed by atoms with E-state index in [4.69, 9.17) is 14.6 Å². The summed E-state index contributed by atoms with van der Waals surface area (Å²) in [6.45, 7) is 1.45. The van der Waals surface area contributed by atoms with Gasteiger partial charge in [-0.2, -0.15) is 0 Å². The van der Waals surface area contributed by atoms with Gasteiger partial charge in [0.2, 0.25) is 0 Å². The predicted molar refractivity (Wildman–Crippen MR) is 70.0 cm³/mol. The van der Waals surface area contributed by atoms with E-state index in [1.165, 1.54) is 13.0 Å². The maximum atomic E-state index is 11.3. The van der Waals surface area contributed by atoms with Crippen molar-refractivity contribution in [1.82, 2.24) is 0 Å². The van der Waals surface area contributed by atoms with Crippen LogP contribution in [-0.4, -0.2) is 25.1 Å². The largest absolute Gasteiger partial charge is 0.512 e. The van der Waals surface area contributed by atoms with Gasteiger partial charge in [-0.15, -0.1) is 0 Å². The SMILES string of the molecule is COc1ccc(/C=C/C(=O)/C=C(/C)O)cc1OC. The fourth-order valence-electron chi connectivity index (χ4n) is 1.39. The van der Waals surface area contributed by atoms with Crippen molar-refractivity contribution in [2.45, 2.75) is 6.92 Å². The van der Waals surface area contributed by atoms with Gasteiger partial charge in [0, 0.05) is 6.08 Å². The molecule has 0 heterocycles. The number of rotatable bonds is 5. The third kappa shape index (κ3) is 3.97. The molecule has 0 aliphatic rings. The third-order valence-electron chi connectivity index (χ3n) is 2.20. The molecule has 0 saturated carbocycles. The first-order chi connectivity index (χ1) is 8.56. The number of hydrogen-bond donors (Lipinski definition) is 1. The number of aliphatic hydroxyl groups excluding tert-OH is 1. The van der Waals surface area contributed by atoms with Gasteiger partial charge in [0.05, 0.1) is 20.0 Å². The van der Waals surface area contributed by atoms with Crippen LogP contribution in [0.5, 0.6) is 11.5 Å². The maximum Gasteiger partial charge on any atom is 0.181 e. The molecule has 1 aromatic carbocycles. The molecule has 0 spiro atoms. The van der Waals surface area contributed by atoms with Crippen LogP contribution < -0.4 is 9.47 Å². The predicted octanol–water partition coefficient (Wildman–Crippen LogP) is 2.75. The van der Waals surface area contributed by atoms with E-state index in [2.05, 4.69) is 0 Å². The minimum atomic E-state index is -0.273. The molecule has 0 fully saturated rings. The molecule has 0 saturated heterocycles. The quantitative estimate of drug-likeness (QED) is 0.643. The fraction of sp³-hybridized carbons (Fsp3) is 0.214. The van der Waals surface area contributed by atoms with E-state index in [0.29, 0.717) is 11.5 Å². The van der Waals surface area contributed by atoms with E-state index in [9.17, 15) is 4.79 Å². The van der Waals surface area contributed by atoms with Crippen LogP contribution >= 0.6 is 0 Å². The smallest absolute Gasteiger partial charge is 0.181 e. The highest BCUT2D eigenvalue weighted by Crippen LogP contribution is 2.27. The number of ketones is 1. The van der Waals surface area contributed by atoms with E-state index in [-0.39, 0.29) is 11.5 Å². The van der Waals surface area contributed by atoms with Gasteiger partial charge in [-0.1, -0.05) is 12.1 Å². The summed E-state index contributed by atoms with van der Waals surface area (Å²) < 4.78 is 10.3. The molecule has 4 nitrogen and oxygen atoms in total. The van der Waals surface area contributed by atoms with Crippen molar-refractivity contribution in [1.29, 1.82) is 0 Å². The molecule has 0 bridgehead atoms. The summed E-state index contributed by atoms with van der Waals surface area (Å²) in [5, 5.41) is 8.94. The summed E-state index contributed by atoms with van der Waals surface area (Å²) in [6.07, 6.45) is 4.17. The lowest BCUT2D eigenvalue weighted by atomic mass is 10.1. The van der Waals surface area contributed by atoms with Gasteiger partial charge in [0.25, 0.3) is 0 Å². The molecule has 0 aliphatic heterocycles. The lowest BCUT2D eigenvalue weighted by molar-refractivity contribution is -0.110. The van der Waals surface area contributed by atoms with Gasteiger partial charge in [-0.3, -0.25) is 4.79 Å². The average Bonchev–Trinajstić information content (AvgIpc) is 2.35. The maximum absolute atomic E-state index is 11.3. The van der Waals surface area contributed by atoms with Crippen molar-refractivity contribution in [3.63, 3.8) is 0 Å². The van der Waals surface area contributed by atoms with Crippen molar-refractivity contribution in [2.24, 2.45) is 0 Å². The number of methoxy groups -OCH3 is 2. The summed E-state index contributed by atoms with van der Waals surface area (Å²) in [4.78, 5) is 11.3. The Kier molecular flexibility index (Phi) is 4.99. The van der Waals surface area contributed by atoms with E-state index in [0.717, 1.165) is 11.6 Å². The number of hydrogen-bond acceptors (Lipinski definition) is 4. The normalized spacial score (nSPS) is 11.6. The van der Waals surface area contributed by atoms with Crippen LogP contribution in [0.3, 0.4) is 0 Å². The highest BCUT2D eigenvalue weighted by atomic mass is 16.5. The summed E-state index contributed by atoms with van der Waals surface area (Å²) in [6, 6.07) is 5.33. The monoisotopic (exact) mass is 248 g/mol. The summed E-state index contributed by atoms with van der Waals surface area (Å²) in [5.74, 6) is 0.940. The molecular weight excluding hydrogens is 232 g/mol. The van der Waals surface area contributed by atoms with Crippen LogP contribution in [0.25, 0.3) is 6.08 Å². The van der Waals surface area contributed by atoms with Crippen molar-refractivity contribution in [3.8, 4) is 11.5 Å².